The number of carbonyl (C=O) groups is 1. The van der Waals surface area contributed by atoms with Crippen molar-refractivity contribution in [1.82, 2.24) is 4.90 Å². The summed E-state index contributed by atoms with van der Waals surface area (Å²) >= 11 is 0. The fraction of sp³-hybridized carbons (Fsp3) is 0.900. The molecule has 0 bridgehead atoms. The average molecular weight is 185 g/mol. The molecule has 1 aliphatic rings. The van der Waals surface area contributed by atoms with Gasteiger partial charge in [0.15, 0.2) is 0 Å². The van der Waals surface area contributed by atoms with Crippen LogP contribution in [0.2, 0.25) is 0 Å². The minimum Gasteiger partial charge on any atom is -0.396 e. The van der Waals surface area contributed by atoms with Gasteiger partial charge in [0.2, 0.25) is 0 Å². The molecule has 3 heteroatoms. The highest BCUT2D eigenvalue weighted by molar-refractivity contribution is 5.81. The molecule has 1 rings (SSSR count). The van der Waals surface area contributed by atoms with Crippen LogP contribution in [-0.4, -0.2) is 42.5 Å². The molecule has 13 heavy (non-hydrogen) atoms. The molecule has 0 aliphatic carbocycles. The minimum atomic E-state index is 0.137. The van der Waals surface area contributed by atoms with Crippen LogP contribution >= 0.6 is 0 Å². The first-order chi connectivity index (χ1) is 6.24. The minimum absolute atomic E-state index is 0.137. The standard InChI is InChI=1S/C10H19NO2/c1-11-6-4-9(5-7-11)10(13)3-2-8-12/h9,12H,2-8H2,1H3. The zero-order valence-electron chi connectivity index (χ0n) is 8.33. The van der Waals surface area contributed by atoms with Gasteiger partial charge in [0.05, 0.1) is 0 Å². The maximum Gasteiger partial charge on any atom is 0.136 e. The van der Waals surface area contributed by atoms with Crippen molar-refractivity contribution in [3.05, 3.63) is 0 Å². The monoisotopic (exact) mass is 185 g/mol. The third-order valence-corrected chi connectivity index (χ3v) is 2.76. The maximum atomic E-state index is 11.5. The molecule has 0 spiro atoms. The van der Waals surface area contributed by atoms with E-state index in [0.29, 0.717) is 18.6 Å². The van der Waals surface area contributed by atoms with E-state index in [1.54, 1.807) is 0 Å². The molecule has 0 radical (unpaired) electrons. The maximum absolute atomic E-state index is 11.5. The SMILES string of the molecule is CN1CCC(C(=O)CCCO)CC1. The summed E-state index contributed by atoms with van der Waals surface area (Å²) in [5.74, 6) is 0.616. The van der Waals surface area contributed by atoms with E-state index >= 15 is 0 Å². The van der Waals surface area contributed by atoms with Gasteiger partial charge >= 0.3 is 0 Å². The summed E-state index contributed by atoms with van der Waals surface area (Å²) in [6, 6.07) is 0. The number of rotatable bonds is 4. The average Bonchev–Trinajstić information content (AvgIpc) is 2.15. The van der Waals surface area contributed by atoms with E-state index < -0.39 is 0 Å². The summed E-state index contributed by atoms with van der Waals surface area (Å²) in [6.45, 7) is 2.21. The molecule has 0 unspecified atom stereocenters. The number of piperidine rings is 1. The van der Waals surface area contributed by atoms with Crippen LogP contribution in [0.25, 0.3) is 0 Å². The lowest BCUT2D eigenvalue weighted by atomic mass is 9.91. The van der Waals surface area contributed by atoms with Gasteiger partial charge < -0.3 is 10.0 Å². The van der Waals surface area contributed by atoms with Gasteiger partial charge in [-0.05, 0) is 39.4 Å². The van der Waals surface area contributed by atoms with E-state index in [1.807, 2.05) is 0 Å². The molecule has 0 atom stereocenters. The first-order valence-corrected chi connectivity index (χ1v) is 5.06. The molecule has 1 saturated heterocycles. The molecule has 0 aromatic rings. The molecule has 1 N–H and O–H groups in total. The smallest absolute Gasteiger partial charge is 0.136 e. The number of carbonyl (C=O) groups excluding carboxylic acids is 1. The van der Waals surface area contributed by atoms with Crippen molar-refractivity contribution in [1.29, 1.82) is 0 Å². The third kappa shape index (κ3) is 3.44. The van der Waals surface area contributed by atoms with Gasteiger partial charge in [-0.15, -0.1) is 0 Å². The Morgan fingerprint density at radius 1 is 1.46 bits per heavy atom. The highest BCUT2D eigenvalue weighted by Gasteiger charge is 2.22. The normalized spacial score (nSPS) is 20.5. The van der Waals surface area contributed by atoms with Crippen molar-refractivity contribution < 1.29 is 9.90 Å². The number of Topliss-reactive ketones (excluding diaryl/α,β-unsaturated/α-hetero) is 1. The highest BCUT2D eigenvalue weighted by atomic mass is 16.3. The quantitative estimate of drug-likeness (QED) is 0.700. The Morgan fingerprint density at radius 2 is 2.08 bits per heavy atom. The molecule has 0 saturated carbocycles. The molecule has 0 amide bonds. The fourth-order valence-electron chi connectivity index (χ4n) is 1.79. The third-order valence-electron chi connectivity index (χ3n) is 2.76. The van der Waals surface area contributed by atoms with Gasteiger partial charge in [0, 0.05) is 18.9 Å². The van der Waals surface area contributed by atoms with Crippen LogP contribution in [0.3, 0.4) is 0 Å². The molecule has 1 aliphatic heterocycles. The van der Waals surface area contributed by atoms with Crippen molar-refractivity contribution in [2.24, 2.45) is 5.92 Å². The molecule has 0 aromatic carbocycles. The highest BCUT2D eigenvalue weighted by Crippen LogP contribution is 2.18. The van der Waals surface area contributed by atoms with Gasteiger partial charge in [-0.2, -0.15) is 0 Å². The number of hydrogen-bond donors (Lipinski definition) is 1. The largest absolute Gasteiger partial charge is 0.396 e. The van der Waals surface area contributed by atoms with E-state index in [9.17, 15) is 4.79 Å². The Hall–Kier alpha value is -0.410. The topological polar surface area (TPSA) is 40.5 Å². The van der Waals surface area contributed by atoms with Crippen molar-refractivity contribution >= 4 is 5.78 Å². The molecule has 1 heterocycles. The summed E-state index contributed by atoms with van der Waals surface area (Å²) in [7, 11) is 2.09. The Kier molecular flexibility index (Phi) is 4.39. The Labute approximate surface area is 79.7 Å². The van der Waals surface area contributed by atoms with E-state index in [2.05, 4.69) is 11.9 Å². The van der Waals surface area contributed by atoms with Crippen molar-refractivity contribution in [2.75, 3.05) is 26.7 Å². The Balaban J connectivity index is 2.23. The van der Waals surface area contributed by atoms with Crippen LogP contribution in [0.5, 0.6) is 0 Å². The zero-order chi connectivity index (χ0) is 9.68. The van der Waals surface area contributed by atoms with Gasteiger partial charge in [-0.3, -0.25) is 4.79 Å². The van der Waals surface area contributed by atoms with Crippen LogP contribution in [0.4, 0.5) is 0 Å². The summed E-state index contributed by atoms with van der Waals surface area (Å²) < 4.78 is 0. The van der Waals surface area contributed by atoms with E-state index in [1.165, 1.54) is 0 Å². The predicted octanol–water partition coefficient (Wildman–Crippen LogP) is 0.670. The molecular formula is C10H19NO2. The van der Waals surface area contributed by atoms with E-state index in [0.717, 1.165) is 25.9 Å². The second-order valence-electron chi connectivity index (χ2n) is 3.87. The number of aliphatic hydroxyl groups is 1. The number of hydrogen-bond acceptors (Lipinski definition) is 3. The van der Waals surface area contributed by atoms with Crippen molar-refractivity contribution in [3.8, 4) is 0 Å². The lowest BCUT2D eigenvalue weighted by Gasteiger charge is -2.27. The Bertz CT molecular complexity index is 162. The van der Waals surface area contributed by atoms with Crippen LogP contribution in [-0.2, 0) is 4.79 Å². The van der Waals surface area contributed by atoms with Gasteiger partial charge in [0.25, 0.3) is 0 Å². The Morgan fingerprint density at radius 3 is 2.62 bits per heavy atom. The van der Waals surface area contributed by atoms with Crippen LogP contribution in [0.1, 0.15) is 25.7 Å². The summed E-state index contributed by atoms with van der Waals surface area (Å²) in [6.07, 6.45) is 3.19. The van der Waals surface area contributed by atoms with Gasteiger partial charge in [0.1, 0.15) is 5.78 Å². The van der Waals surface area contributed by atoms with Crippen LogP contribution in [0.15, 0.2) is 0 Å². The summed E-state index contributed by atoms with van der Waals surface area (Å²) in [5.41, 5.74) is 0. The van der Waals surface area contributed by atoms with Crippen LogP contribution in [0, 0.1) is 5.92 Å². The number of ketones is 1. The van der Waals surface area contributed by atoms with Crippen LogP contribution < -0.4 is 0 Å². The number of nitrogens with zero attached hydrogens (tertiary/aromatic N) is 1. The second-order valence-corrected chi connectivity index (χ2v) is 3.87. The number of aliphatic hydroxyl groups excluding tert-OH is 1. The van der Waals surface area contributed by atoms with Gasteiger partial charge in [-0.1, -0.05) is 0 Å². The molecule has 1 fully saturated rings. The summed E-state index contributed by atoms with van der Waals surface area (Å²) in [4.78, 5) is 13.8. The molecule has 0 aromatic heterocycles. The van der Waals surface area contributed by atoms with E-state index in [4.69, 9.17) is 5.11 Å². The van der Waals surface area contributed by atoms with E-state index in [-0.39, 0.29) is 12.5 Å². The second kappa shape index (κ2) is 5.35. The van der Waals surface area contributed by atoms with Crippen molar-refractivity contribution in [2.45, 2.75) is 25.7 Å². The molecule has 76 valence electrons. The zero-order valence-corrected chi connectivity index (χ0v) is 8.33. The number of likely N-dealkylation sites (tertiary alicyclic amines) is 1. The van der Waals surface area contributed by atoms with Gasteiger partial charge in [-0.25, -0.2) is 0 Å². The van der Waals surface area contributed by atoms with Crippen molar-refractivity contribution in [3.63, 3.8) is 0 Å². The molecule has 3 nitrogen and oxygen atoms in total. The fourth-order valence-corrected chi connectivity index (χ4v) is 1.79. The summed E-state index contributed by atoms with van der Waals surface area (Å²) in [5, 5.41) is 8.60. The first-order valence-electron chi connectivity index (χ1n) is 5.06. The lowest BCUT2D eigenvalue weighted by molar-refractivity contribution is -0.124. The predicted molar refractivity (Wildman–Crippen MR) is 51.5 cm³/mol. The lowest BCUT2D eigenvalue weighted by Crippen LogP contribution is -2.33. The molecular weight excluding hydrogens is 166 g/mol. The first kappa shape index (κ1) is 10.7.